The lowest BCUT2D eigenvalue weighted by Crippen LogP contribution is -2.46. The quantitative estimate of drug-likeness (QED) is 0.372. The van der Waals surface area contributed by atoms with Crippen molar-refractivity contribution in [2.24, 2.45) is 0 Å². The highest BCUT2D eigenvalue weighted by molar-refractivity contribution is 6.31. The Morgan fingerprint density at radius 3 is 1.81 bits per heavy atom. The molecule has 1 amide bonds. The Balaban J connectivity index is 1.91. The molecule has 0 aliphatic rings. The first-order chi connectivity index (χ1) is 12.5. The third kappa shape index (κ3) is 4.23. The summed E-state index contributed by atoms with van der Waals surface area (Å²) in [4.78, 5) is 12.6. The molecule has 130 valence electrons. The number of halogens is 2. The molecule has 0 spiro atoms. The lowest BCUT2D eigenvalue weighted by Gasteiger charge is -2.26. The predicted molar refractivity (Wildman–Crippen MR) is 106 cm³/mol. The van der Waals surface area contributed by atoms with Crippen LogP contribution in [0.3, 0.4) is 0 Å². The lowest BCUT2D eigenvalue weighted by atomic mass is 10.2. The average molecular weight is 384 g/mol. The zero-order chi connectivity index (χ0) is 18.5. The third-order valence-electron chi connectivity index (χ3n) is 3.68. The number of nitrogens with zero attached hydrogens (tertiary/aromatic N) is 1. The van der Waals surface area contributed by atoms with Gasteiger partial charge in [0.05, 0.1) is 5.69 Å². The van der Waals surface area contributed by atoms with E-state index >= 15 is 0 Å². The van der Waals surface area contributed by atoms with Gasteiger partial charge in [-0.2, -0.15) is 0 Å². The van der Waals surface area contributed by atoms with Crippen LogP contribution in [0.15, 0.2) is 78.9 Å². The second-order valence-electron chi connectivity index (χ2n) is 5.47. The van der Waals surface area contributed by atoms with E-state index in [-0.39, 0.29) is 11.7 Å². The summed E-state index contributed by atoms with van der Waals surface area (Å²) in [7, 11) is 0. The van der Waals surface area contributed by atoms with Crippen LogP contribution in [0.5, 0.6) is 0 Å². The molecule has 3 aromatic carbocycles. The Kier molecular flexibility index (Phi) is 5.56. The summed E-state index contributed by atoms with van der Waals surface area (Å²) < 4.78 is 0. The Morgan fingerprint density at radius 1 is 0.769 bits per heavy atom. The Labute approximate surface area is 161 Å². The molecule has 0 bridgehead atoms. The number of amides is 1. The Morgan fingerprint density at radius 2 is 1.27 bits per heavy atom. The molecule has 0 heterocycles. The highest BCUT2D eigenvalue weighted by Crippen LogP contribution is 2.17. The smallest absolute Gasteiger partial charge is 0.270 e. The summed E-state index contributed by atoms with van der Waals surface area (Å²) in [6.07, 6.45) is 0. The second kappa shape index (κ2) is 8.04. The summed E-state index contributed by atoms with van der Waals surface area (Å²) in [5.41, 5.74) is 4.50. The maximum atomic E-state index is 12.6. The first-order valence-electron chi connectivity index (χ1n) is 7.81. The van der Waals surface area contributed by atoms with E-state index in [1.54, 1.807) is 48.5 Å². The van der Waals surface area contributed by atoms with Gasteiger partial charge >= 0.3 is 0 Å². The number of anilines is 1. The number of amidine groups is 1. The fourth-order valence-corrected chi connectivity index (χ4v) is 2.58. The van der Waals surface area contributed by atoms with E-state index in [1.165, 1.54) is 5.01 Å². The van der Waals surface area contributed by atoms with Crippen LogP contribution in [0, 0.1) is 5.41 Å². The molecule has 0 fully saturated rings. The van der Waals surface area contributed by atoms with Gasteiger partial charge in [0, 0.05) is 21.2 Å². The average Bonchev–Trinajstić information content (AvgIpc) is 2.67. The zero-order valence-electron chi connectivity index (χ0n) is 13.6. The molecule has 26 heavy (non-hydrogen) atoms. The van der Waals surface area contributed by atoms with E-state index < -0.39 is 0 Å². The number of nitrogens with one attached hydrogen (secondary N) is 2. The summed E-state index contributed by atoms with van der Waals surface area (Å²) in [6, 6.07) is 22.6. The highest BCUT2D eigenvalue weighted by atomic mass is 35.5. The van der Waals surface area contributed by atoms with E-state index in [2.05, 4.69) is 5.43 Å². The van der Waals surface area contributed by atoms with Crippen molar-refractivity contribution in [3.63, 3.8) is 0 Å². The molecular formula is C20H15Cl2N3O. The van der Waals surface area contributed by atoms with Crippen LogP contribution in [0.1, 0.15) is 15.9 Å². The molecule has 2 N–H and O–H groups in total. The lowest BCUT2D eigenvalue weighted by molar-refractivity contribution is 0.0955. The molecular weight excluding hydrogens is 369 g/mol. The number of hydrazine groups is 1. The Hall–Kier alpha value is -2.82. The predicted octanol–water partition coefficient (Wildman–Crippen LogP) is 5.17. The summed E-state index contributed by atoms with van der Waals surface area (Å²) in [5, 5.41) is 11.1. The standard InChI is InChI=1S/C20H15Cl2N3O/c21-16-10-6-14(7-11-16)19(23)25(18-4-2-1-3-5-18)24-20(26)15-8-12-17(22)13-9-15/h1-13,23H,(H,24,26). The van der Waals surface area contributed by atoms with Crippen LogP contribution < -0.4 is 10.4 Å². The second-order valence-corrected chi connectivity index (χ2v) is 6.35. The third-order valence-corrected chi connectivity index (χ3v) is 4.18. The topological polar surface area (TPSA) is 56.2 Å². The van der Waals surface area contributed by atoms with E-state index in [9.17, 15) is 4.79 Å². The molecule has 0 aliphatic heterocycles. The molecule has 0 atom stereocenters. The van der Waals surface area contributed by atoms with Gasteiger partial charge in [0.15, 0.2) is 5.84 Å². The van der Waals surface area contributed by atoms with Gasteiger partial charge in [-0.05, 0) is 60.7 Å². The van der Waals surface area contributed by atoms with Gasteiger partial charge in [-0.25, -0.2) is 5.01 Å². The number of hydrogen-bond acceptors (Lipinski definition) is 2. The van der Waals surface area contributed by atoms with Gasteiger partial charge in [0.1, 0.15) is 0 Å². The van der Waals surface area contributed by atoms with E-state index in [0.717, 1.165) is 0 Å². The van der Waals surface area contributed by atoms with Crippen molar-refractivity contribution in [1.29, 1.82) is 5.41 Å². The van der Waals surface area contributed by atoms with Crippen molar-refractivity contribution in [2.75, 3.05) is 5.01 Å². The maximum absolute atomic E-state index is 12.6. The molecule has 3 rings (SSSR count). The van der Waals surface area contributed by atoms with Crippen molar-refractivity contribution in [3.05, 3.63) is 100 Å². The van der Waals surface area contributed by atoms with Gasteiger partial charge in [-0.1, -0.05) is 41.4 Å². The van der Waals surface area contributed by atoms with Gasteiger partial charge in [0.25, 0.3) is 5.91 Å². The molecule has 0 unspecified atom stereocenters. The first-order valence-corrected chi connectivity index (χ1v) is 8.56. The summed E-state index contributed by atoms with van der Waals surface area (Å²) >= 11 is 11.8. The largest absolute Gasteiger partial charge is 0.282 e. The molecule has 0 aromatic heterocycles. The fourth-order valence-electron chi connectivity index (χ4n) is 2.33. The van der Waals surface area contributed by atoms with Crippen molar-refractivity contribution in [1.82, 2.24) is 5.43 Å². The number of benzene rings is 3. The number of carbonyl (C=O) groups is 1. The van der Waals surface area contributed by atoms with Crippen LogP contribution >= 0.6 is 23.2 Å². The first kappa shape index (κ1) is 18.0. The van der Waals surface area contributed by atoms with Gasteiger partial charge in [0.2, 0.25) is 0 Å². The highest BCUT2D eigenvalue weighted by Gasteiger charge is 2.18. The summed E-state index contributed by atoms with van der Waals surface area (Å²) in [5.74, 6) is -0.223. The van der Waals surface area contributed by atoms with Gasteiger partial charge in [-0.3, -0.25) is 15.6 Å². The maximum Gasteiger partial charge on any atom is 0.270 e. The number of para-hydroxylation sites is 1. The van der Waals surface area contributed by atoms with Gasteiger partial charge < -0.3 is 0 Å². The molecule has 0 saturated heterocycles. The van der Waals surface area contributed by atoms with Crippen molar-refractivity contribution >= 4 is 40.6 Å². The zero-order valence-corrected chi connectivity index (χ0v) is 15.1. The van der Waals surface area contributed by atoms with E-state index in [1.807, 2.05) is 30.3 Å². The molecule has 0 saturated carbocycles. The van der Waals surface area contributed by atoms with Crippen LogP contribution in [0.25, 0.3) is 0 Å². The fraction of sp³-hybridized carbons (Fsp3) is 0. The van der Waals surface area contributed by atoms with Gasteiger partial charge in [-0.15, -0.1) is 0 Å². The van der Waals surface area contributed by atoms with Crippen molar-refractivity contribution in [2.45, 2.75) is 0 Å². The van der Waals surface area contributed by atoms with E-state index in [4.69, 9.17) is 28.6 Å². The van der Waals surface area contributed by atoms with Crippen LogP contribution in [-0.2, 0) is 0 Å². The van der Waals surface area contributed by atoms with Crippen molar-refractivity contribution < 1.29 is 4.79 Å². The minimum Gasteiger partial charge on any atom is -0.282 e. The van der Waals surface area contributed by atoms with Crippen LogP contribution in [-0.4, -0.2) is 11.7 Å². The number of hydrogen-bond donors (Lipinski definition) is 2. The summed E-state index contributed by atoms with van der Waals surface area (Å²) in [6.45, 7) is 0. The minimum atomic E-state index is -0.343. The minimum absolute atomic E-state index is 0.121. The number of carbonyl (C=O) groups excluding carboxylic acids is 1. The molecule has 0 radical (unpaired) electrons. The normalized spacial score (nSPS) is 10.2. The Bertz CT molecular complexity index is 910. The van der Waals surface area contributed by atoms with Crippen LogP contribution in [0.4, 0.5) is 5.69 Å². The molecule has 6 heteroatoms. The number of rotatable bonds is 3. The monoisotopic (exact) mass is 383 g/mol. The SMILES string of the molecule is N=C(c1ccc(Cl)cc1)N(NC(=O)c1ccc(Cl)cc1)c1ccccc1. The van der Waals surface area contributed by atoms with Crippen LogP contribution in [0.2, 0.25) is 10.0 Å². The van der Waals surface area contributed by atoms with Crippen molar-refractivity contribution in [3.8, 4) is 0 Å². The molecule has 4 nitrogen and oxygen atoms in total. The molecule has 0 aliphatic carbocycles. The molecule has 3 aromatic rings. The van der Waals surface area contributed by atoms with E-state index in [0.29, 0.717) is 26.9 Å².